The Bertz CT molecular complexity index is 1270. The van der Waals surface area contributed by atoms with Gasteiger partial charge in [0.1, 0.15) is 23.4 Å². The number of primary amides is 1. The van der Waals surface area contributed by atoms with Gasteiger partial charge < -0.3 is 30.7 Å². The molecule has 0 heterocycles. The normalized spacial score (nSPS) is 13.0. The number of hydrogen-bond acceptors (Lipinski definition) is 6. The maximum atomic E-state index is 14.5. The molecule has 4 amide bonds. The molecule has 2 aromatic carbocycles. The van der Waals surface area contributed by atoms with Gasteiger partial charge in [0, 0.05) is 17.6 Å². The first-order valence-corrected chi connectivity index (χ1v) is 14.1. The van der Waals surface area contributed by atoms with Gasteiger partial charge in [-0.25, -0.2) is 4.79 Å². The predicted molar refractivity (Wildman–Crippen MR) is 163 cm³/mol. The van der Waals surface area contributed by atoms with Crippen molar-refractivity contribution in [3.05, 3.63) is 59.2 Å². The second kappa shape index (κ2) is 14.2. The zero-order valence-corrected chi connectivity index (χ0v) is 26.3. The quantitative estimate of drug-likeness (QED) is 0.316. The van der Waals surface area contributed by atoms with Gasteiger partial charge in [-0.15, -0.1) is 0 Å². The van der Waals surface area contributed by atoms with Crippen LogP contribution in [0.1, 0.15) is 83.5 Å². The minimum absolute atomic E-state index is 0.0661. The number of carbonyl (C=O) groups excluding carboxylic acids is 4. The van der Waals surface area contributed by atoms with E-state index in [2.05, 4.69) is 10.6 Å². The second-order valence-electron chi connectivity index (χ2n) is 12.1. The average molecular weight is 583 g/mol. The highest BCUT2D eigenvalue weighted by atomic mass is 16.6. The molecule has 0 aliphatic carbocycles. The number of amides is 4. The van der Waals surface area contributed by atoms with Crippen molar-refractivity contribution in [1.82, 2.24) is 10.2 Å². The van der Waals surface area contributed by atoms with E-state index in [1.54, 1.807) is 52.1 Å². The largest absolute Gasteiger partial charge is 0.497 e. The van der Waals surface area contributed by atoms with Crippen molar-refractivity contribution in [2.75, 3.05) is 12.4 Å². The summed E-state index contributed by atoms with van der Waals surface area (Å²) in [7, 11) is 1.56. The second-order valence-corrected chi connectivity index (χ2v) is 12.1. The molecular formula is C32H46N4O6. The molecule has 0 bridgehead atoms. The molecule has 42 heavy (non-hydrogen) atoms. The number of carbonyl (C=O) groups is 4. The fourth-order valence-corrected chi connectivity index (χ4v) is 4.44. The Morgan fingerprint density at radius 2 is 1.60 bits per heavy atom. The molecule has 2 aromatic rings. The van der Waals surface area contributed by atoms with Gasteiger partial charge in [0.25, 0.3) is 5.91 Å². The van der Waals surface area contributed by atoms with E-state index >= 15 is 0 Å². The molecule has 2 atom stereocenters. The van der Waals surface area contributed by atoms with E-state index in [4.69, 9.17) is 15.2 Å². The summed E-state index contributed by atoms with van der Waals surface area (Å²) in [6.07, 6.45) is -0.543. The van der Waals surface area contributed by atoms with Crippen LogP contribution in [0.3, 0.4) is 0 Å². The third kappa shape index (κ3) is 9.49. The third-order valence-electron chi connectivity index (χ3n) is 7.02. The Labute approximate surface area is 249 Å². The Morgan fingerprint density at radius 1 is 0.976 bits per heavy atom. The fourth-order valence-electron chi connectivity index (χ4n) is 4.44. The van der Waals surface area contributed by atoms with Gasteiger partial charge in [-0.05, 0) is 96.7 Å². The van der Waals surface area contributed by atoms with Crippen molar-refractivity contribution in [2.24, 2.45) is 5.73 Å². The minimum Gasteiger partial charge on any atom is -0.497 e. The van der Waals surface area contributed by atoms with Crippen LogP contribution in [0.5, 0.6) is 5.75 Å². The minimum atomic E-state index is -1.18. The summed E-state index contributed by atoms with van der Waals surface area (Å²) in [5.41, 5.74) is 6.65. The number of aryl methyl sites for hydroxylation is 2. The number of ether oxygens (including phenoxy) is 2. The number of alkyl carbamates (subject to hydrolysis) is 1. The molecule has 2 rings (SSSR count). The molecule has 0 radical (unpaired) electrons. The highest BCUT2D eigenvalue weighted by Gasteiger charge is 2.43. The number of anilines is 1. The molecule has 4 N–H and O–H groups in total. The number of nitrogens with one attached hydrogen (secondary N) is 2. The number of nitrogens with two attached hydrogens (primary N) is 1. The number of nitrogens with zero attached hydrogens (tertiary/aromatic N) is 1. The molecule has 0 spiro atoms. The van der Waals surface area contributed by atoms with Gasteiger partial charge in [0.2, 0.25) is 11.8 Å². The van der Waals surface area contributed by atoms with Gasteiger partial charge in [-0.2, -0.15) is 0 Å². The van der Waals surface area contributed by atoms with Crippen LogP contribution in [0.4, 0.5) is 10.5 Å². The summed E-state index contributed by atoms with van der Waals surface area (Å²) in [4.78, 5) is 54.8. The molecule has 0 saturated carbocycles. The molecule has 230 valence electrons. The third-order valence-corrected chi connectivity index (χ3v) is 7.02. The van der Waals surface area contributed by atoms with Crippen molar-refractivity contribution < 1.29 is 28.7 Å². The number of methoxy groups -OCH3 is 1. The van der Waals surface area contributed by atoms with E-state index in [0.717, 1.165) is 11.1 Å². The summed E-state index contributed by atoms with van der Waals surface area (Å²) < 4.78 is 10.6. The van der Waals surface area contributed by atoms with E-state index in [9.17, 15) is 19.2 Å². The van der Waals surface area contributed by atoms with Crippen molar-refractivity contribution in [3.63, 3.8) is 0 Å². The number of rotatable bonds is 12. The molecule has 0 aliphatic rings. The first-order chi connectivity index (χ1) is 19.5. The topological polar surface area (TPSA) is 140 Å². The average Bonchev–Trinajstić information content (AvgIpc) is 2.89. The van der Waals surface area contributed by atoms with Gasteiger partial charge in [0.15, 0.2) is 0 Å². The maximum absolute atomic E-state index is 14.5. The van der Waals surface area contributed by atoms with Gasteiger partial charge in [0.05, 0.1) is 7.11 Å². The molecular weight excluding hydrogens is 536 g/mol. The van der Waals surface area contributed by atoms with Crippen molar-refractivity contribution >= 4 is 29.5 Å². The van der Waals surface area contributed by atoms with Crippen LogP contribution in [0, 0.1) is 13.8 Å². The van der Waals surface area contributed by atoms with Gasteiger partial charge >= 0.3 is 6.09 Å². The predicted octanol–water partition coefficient (Wildman–Crippen LogP) is 5.17. The lowest BCUT2D eigenvalue weighted by Gasteiger charge is -2.45. The lowest BCUT2D eigenvalue weighted by molar-refractivity contribution is -0.148. The first-order valence-electron chi connectivity index (χ1n) is 14.1. The Hall–Kier alpha value is -4.08. The smallest absolute Gasteiger partial charge is 0.408 e. The molecule has 10 heteroatoms. The molecule has 2 unspecified atom stereocenters. The van der Waals surface area contributed by atoms with Crippen LogP contribution in [0.2, 0.25) is 0 Å². The number of benzene rings is 2. The molecule has 0 saturated heterocycles. The van der Waals surface area contributed by atoms with Crippen LogP contribution in [-0.4, -0.2) is 53.0 Å². The SMILES string of the molecule is CCC(C)(C)N(C(=O)C(CCC(N)=O)NC(=O)OC(C)(C)C)C(C(=O)Nc1ccc(OC)cc1)c1cc(C)ccc1C. The highest BCUT2D eigenvalue weighted by molar-refractivity contribution is 5.99. The van der Waals surface area contributed by atoms with Crippen molar-refractivity contribution in [3.8, 4) is 5.75 Å². The summed E-state index contributed by atoms with van der Waals surface area (Å²) >= 11 is 0. The standard InChI is InChI=1S/C32H46N4O6/c1-10-32(7,8)36(29(39)25(17-18-26(33)37)35-30(40)42-31(4,5)6)27(24-19-20(2)11-12-21(24)3)28(38)34-22-13-15-23(41-9)16-14-22/h11-16,19,25,27H,10,17-18H2,1-9H3,(H2,33,37)(H,34,38)(H,35,40). The van der Waals surface area contributed by atoms with E-state index in [1.165, 1.54) is 4.90 Å². The Kier molecular flexibility index (Phi) is 11.5. The lowest BCUT2D eigenvalue weighted by atomic mass is 9.89. The van der Waals surface area contributed by atoms with E-state index in [-0.39, 0.29) is 12.8 Å². The summed E-state index contributed by atoms with van der Waals surface area (Å²) in [6, 6.07) is 10.4. The van der Waals surface area contributed by atoms with Gasteiger partial charge in [-0.3, -0.25) is 14.4 Å². The first kappa shape index (κ1) is 34.1. The monoisotopic (exact) mass is 582 g/mol. The molecule has 10 nitrogen and oxygen atoms in total. The molecule has 0 aromatic heterocycles. The Balaban J connectivity index is 2.69. The summed E-state index contributed by atoms with van der Waals surface area (Å²) in [6.45, 7) is 14.6. The maximum Gasteiger partial charge on any atom is 0.408 e. The van der Waals surface area contributed by atoms with Crippen LogP contribution in [0.15, 0.2) is 42.5 Å². The lowest BCUT2D eigenvalue weighted by Crippen LogP contribution is -2.59. The van der Waals surface area contributed by atoms with Crippen LogP contribution < -0.4 is 21.1 Å². The van der Waals surface area contributed by atoms with E-state index < -0.39 is 47.0 Å². The molecule has 0 fully saturated rings. The molecule has 0 aliphatic heterocycles. The van der Waals surface area contributed by atoms with Crippen molar-refractivity contribution in [2.45, 2.75) is 97.9 Å². The zero-order chi connectivity index (χ0) is 31.8. The van der Waals surface area contributed by atoms with Crippen LogP contribution >= 0.6 is 0 Å². The number of hydrogen-bond donors (Lipinski definition) is 3. The zero-order valence-electron chi connectivity index (χ0n) is 26.3. The van der Waals surface area contributed by atoms with E-state index in [0.29, 0.717) is 23.4 Å². The summed E-state index contributed by atoms with van der Waals surface area (Å²) in [5.74, 6) is -0.962. The summed E-state index contributed by atoms with van der Waals surface area (Å²) in [5, 5.41) is 5.59. The Morgan fingerprint density at radius 3 is 2.12 bits per heavy atom. The van der Waals surface area contributed by atoms with E-state index in [1.807, 2.05) is 52.8 Å². The fraction of sp³-hybridized carbons (Fsp3) is 0.500. The highest BCUT2D eigenvalue weighted by Crippen LogP contribution is 2.35. The van der Waals surface area contributed by atoms with Crippen molar-refractivity contribution in [1.29, 1.82) is 0 Å². The van der Waals surface area contributed by atoms with Crippen LogP contribution in [-0.2, 0) is 19.1 Å². The van der Waals surface area contributed by atoms with Crippen LogP contribution in [0.25, 0.3) is 0 Å². The van der Waals surface area contributed by atoms with Gasteiger partial charge in [-0.1, -0.05) is 30.7 Å².